The minimum Gasteiger partial charge on any atom is -0.323 e. The van der Waals surface area contributed by atoms with Gasteiger partial charge in [-0.2, -0.15) is 13.5 Å². The third-order valence-corrected chi connectivity index (χ3v) is 8.08. The van der Waals surface area contributed by atoms with Crippen molar-refractivity contribution in [3.8, 4) is 0 Å². The van der Waals surface area contributed by atoms with Crippen LogP contribution in [0.15, 0.2) is 6.33 Å². The van der Waals surface area contributed by atoms with E-state index in [0.29, 0.717) is 12.0 Å². The summed E-state index contributed by atoms with van der Waals surface area (Å²) in [6, 6.07) is 0.565. The molecule has 9 nitrogen and oxygen atoms in total. The molecule has 0 atom stereocenters. The second-order valence-corrected chi connectivity index (χ2v) is 11.8. The molecule has 10 heteroatoms. The second-order valence-electron chi connectivity index (χ2n) is 10.2. The number of likely N-dealkylation sites (tertiary alicyclic amines) is 2. The molecule has 2 spiro atoms. The van der Waals surface area contributed by atoms with Crippen molar-refractivity contribution >= 4 is 16.1 Å². The summed E-state index contributed by atoms with van der Waals surface area (Å²) in [5.74, 6) is 1.59. The number of rotatable bonds is 4. The van der Waals surface area contributed by atoms with Crippen molar-refractivity contribution < 1.29 is 17.4 Å². The van der Waals surface area contributed by atoms with Crippen LogP contribution < -0.4 is 0 Å². The molecule has 158 valence electrons. The molecule has 29 heavy (non-hydrogen) atoms. The minimum atomic E-state index is -3.39. The normalized spacial score (nSPS) is 28.0. The minimum absolute atomic E-state index is 0.0848. The summed E-state index contributed by atoms with van der Waals surface area (Å²) >= 11 is 0. The van der Waals surface area contributed by atoms with Crippen LogP contribution in [0.2, 0.25) is 0 Å². The van der Waals surface area contributed by atoms with Gasteiger partial charge < -0.3 is 9.80 Å². The van der Waals surface area contributed by atoms with Crippen LogP contribution in [0.5, 0.6) is 0 Å². The number of urea groups is 1. The summed E-state index contributed by atoms with van der Waals surface area (Å²) in [4.78, 5) is 21.0. The summed E-state index contributed by atoms with van der Waals surface area (Å²) in [5, 5.41) is 4.65. The third-order valence-electron chi connectivity index (χ3n) is 7.46. The topological polar surface area (TPSA) is 97.6 Å². The summed E-state index contributed by atoms with van der Waals surface area (Å²) in [5.41, 5.74) is 0.362. The maximum atomic E-state index is 12.7. The molecule has 2 saturated heterocycles. The van der Waals surface area contributed by atoms with Crippen molar-refractivity contribution in [1.82, 2.24) is 24.6 Å². The fourth-order valence-corrected chi connectivity index (χ4v) is 6.49. The van der Waals surface area contributed by atoms with Crippen molar-refractivity contribution in [1.29, 1.82) is 0 Å². The Hall–Kier alpha value is -1.68. The lowest BCUT2D eigenvalue weighted by Gasteiger charge is -2.62. The van der Waals surface area contributed by atoms with E-state index in [1.807, 2.05) is 20.8 Å². The Morgan fingerprint density at radius 3 is 2.21 bits per heavy atom. The monoisotopic (exact) mass is 421 g/mol. The van der Waals surface area contributed by atoms with Gasteiger partial charge in [0, 0.05) is 42.9 Å². The van der Waals surface area contributed by atoms with Crippen molar-refractivity contribution in [2.75, 3.05) is 32.4 Å². The van der Waals surface area contributed by atoms with E-state index in [9.17, 15) is 13.2 Å². The van der Waals surface area contributed by atoms with Gasteiger partial charge in [0.25, 0.3) is 10.1 Å². The number of hydrogen-bond acceptors (Lipinski definition) is 6. The van der Waals surface area contributed by atoms with E-state index in [-0.39, 0.29) is 23.0 Å². The molecule has 3 heterocycles. The number of amides is 2. The Morgan fingerprint density at radius 1 is 1.07 bits per heavy atom. The Labute approximate surface area is 170 Å². The van der Waals surface area contributed by atoms with Crippen molar-refractivity contribution in [3.63, 3.8) is 0 Å². The lowest BCUT2D eigenvalue weighted by Crippen LogP contribution is -2.71. The highest BCUT2D eigenvalue weighted by molar-refractivity contribution is 7.86. The molecule has 0 aromatic carbocycles. The molecule has 0 radical (unpaired) electrons. The van der Waals surface area contributed by atoms with Crippen molar-refractivity contribution in [2.45, 2.75) is 56.6 Å². The van der Waals surface area contributed by atoms with Crippen molar-refractivity contribution in [2.24, 2.45) is 10.8 Å². The first-order chi connectivity index (χ1) is 13.7. The van der Waals surface area contributed by atoms with Gasteiger partial charge in [-0.1, -0.05) is 0 Å². The van der Waals surface area contributed by atoms with Crippen LogP contribution in [-0.4, -0.2) is 77.6 Å². The molecular weight excluding hydrogens is 394 g/mol. The number of aromatic nitrogens is 3. The van der Waals surface area contributed by atoms with Crippen LogP contribution in [0.25, 0.3) is 0 Å². The molecule has 5 aliphatic rings. The Morgan fingerprint density at radius 2 is 1.66 bits per heavy atom. The van der Waals surface area contributed by atoms with Crippen LogP contribution in [0, 0.1) is 10.8 Å². The zero-order valence-corrected chi connectivity index (χ0v) is 17.5. The van der Waals surface area contributed by atoms with Crippen molar-refractivity contribution in [3.05, 3.63) is 12.2 Å². The van der Waals surface area contributed by atoms with Gasteiger partial charge in [0.05, 0.1) is 18.4 Å². The Balaban J connectivity index is 0.950. The fourth-order valence-electron chi connectivity index (χ4n) is 5.85. The zero-order chi connectivity index (χ0) is 20.0. The Kier molecular flexibility index (Phi) is 3.57. The zero-order valence-electron chi connectivity index (χ0n) is 16.7. The van der Waals surface area contributed by atoms with Gasteiger partial charge in [-0.05, 0) is 38.5 Å². The van der Waals surface area contributed by atoms with E-state index in [0.717, 1.165) is 63.9 Å². The summed E-state index contributed by atoms with van der Waals surface area (Å²) in [6.07, 6.45) is 8.83. The smallest absolute Gasteiger partial charge is 0.320 e. The summed E-state index contributed by atoms with van der Waals surface area (Å²) < 4.78 is 29.5. The average molecular weight is 422 g/mol. The Bertz CT molecular complexity index is 943. The van der Waals surface area contributed by atoms with Gasteiger partial charge in [0.1, 0.15) is 6.33 Å². The molecule has 3 aliphatic carbocycles. The quantitative estimate of drug-likeness (QED) is 0.681. The number of carbonyl (C=O) groups excluding carboxylic acids is 1. The van der Waals surface area contributed by atoms with E-state index < -0.39 is 10.1 Å². The molecule has 1 aromatic rings. The van der Waals surface area contributed by atoms with Gasteiger partial charge in [-0.15, -0.1) is 0 Å². The SMILES string of the molecule is CS(=O)(=O)OC1CC2(C1)CN(C(=O)N1CC3(CC(n4cnc(C5CC5)n4)C3)C1)C2. The molecule has 2 aliphatic heterocycles. The third kappa shape index (κ3) is 3.06. The van der Waals surface area contributed by atoms with Gasteiger partial charge in [0.15, 0.2) is 5.82 Å². The molecule has 6 rings (SSSR count). The largest absolute Gasteiger partial charge is 0.323 e. The fraction of sp³-hybridized carbons (Fsp3) is 0.842. The van der Waals surface area contributed by atoms with E-state index in [2.05, 4.69) is 10.1 Å². The number of hydrogen-bond donors (Lipinski definition) is 0. The molecule has 0 N–H and O–H groups in total. The van der Waals surface area contributed by atoms with E-state index >= 15 is 0 Å². The molecule has 5 fully saturated rings. The number of carbonyl (C=O) groups is 1. The predicted molar refractivity (Wildman–Crippen MR) is 103 cm³/mol. The molecule has 0 unspecified atom stereocenters. The highest BCUT2D eigenvalue weighted by Crippen LogP contribution is 2.55. The van der Waals surface area contributed by atoms with E-state index in [4.69, 9.17) is 4.18 Å². The molecular formula is C19H27N5O4S. The van der Waals surface area contributed by atoms with Crippen LogP contribution in [0.4, 0.5) is 4.79 Å². The van der Waals surface area contributed by atoms with E-state index in [1.165, 1.54) is 12.8 Å². The van der Waals surface area contributed by atoms with Crippen LogP contribution in [-0.2, 0) is 14.3 Å². The summed E-state index contributed by atoms with van der Waals surface area (Å²) in [7, 11) is -3.39. The van der Waals surface area contributed by atoms with Crippen LogP contribution in [0.3, 0.4) is 0 Å². The van der Waals surface area contributed by atoms with Crippen LogP contribution >= 0.6 is 0 Å². The summed E-state index contributed by atoms with van der Waals surface area (Å²) in [6.45, 7) is 3.14. The second kappa shape index (κ2) is 5.72. The standard InChI is InChI=1S/C19H27N5O4S/c1-29(26,27)28-15-6-19(7-15)10-23(11-19)17(25)22-8-18(9-22)4-14(5-18)24-12-20-16(21-24)13-2-3-13/h12-15H,2-11H2,1H3. The van der Waals surface area contributed by atoms with Gasteiger partial charge in [0.2, 0.25) is 0 Å². The molecule has 2 amide bonds. The maximum Gasteiger partial charge on any atom is 0.320 e. The highest BCUT2D eigenvalue weighted by Gasteiger charge is 2.59. The van der Waals surface area contributed by atoms with Gasteiger partial charge >= 0.3 is 6.03 Å². The van der Waals surface area contributed by atoms with Gasteiger partial charge in [-0.3, -0.25) is 4.18 Å². The maximum absolute atomic E-state index is 12.7. The lowest BCUT2D eigenvalue weighted by molar-refractivity contribution is -0.119. The van der Waals surface area contributed by atoms with Crippen LogP contribution in [0.1, 0.15) is 56.3 Å². The first-order valence-electron chi connectivity index (χ1n) is 10.5. The molecule has 3 saturated carbocycles. The first kappa shape index (κ1) is 18.1. The number of nitrogens with zero attached hydrogens (tertiary/aromatic N) is 5. The molecule has 0 bridgehead atoms. The average Bonchev–Trinajstić information content (AvgIpc) is 3.23. The highest BCUT2D eigenvalue weighted by atomic mass is 32.2. The lowest BCUT2D eigenvalue weighted by atomic mass is 9.60. The first-order valence-corrected chi connectivity index (χ1v) is 12.4. The van der Waals surface area contributed by atoms with E-state index in [1.54, 1.807) is 0 Å². The van der Waals surface area contributed by atoms with Gasteiger partial charge in [-0.25, -0.2) is 14.5 Å². The predicted octanol–water partition coefficient (Wildman–Crippen LogP) is 1.35. The molecule has 1 aromatic heterocycles.